The number of nitrogens with zero attached hydrogens (tertiary/aromatic N) is 1. The lowest BCUT2D eigenvalue weighted by Crippen LogP contribution is -2.04. The molecule has 4 heteroatoms. The molecule has 0 aliphatic heterocycles. The number of aryl methyl sites for hydroxylation is 1. The molecule has 0 bridgehead atoms. The fourth-order valence-corrected chi connectivity index (χ4v) is 3.92. The largest absolute Gasteiger partial charge is 0.506 e. The molecule has 0 amide bonds. The van der Waals surface area contributed by atoms with Gasteiger partial charge in [0.25, 0.3) is 0 Å². The predicted molar refractivity (Wildman–Crippen MR) is 84.5 cm³/mol. The topological polar surface area (TPSA) is 58.6 Å². The highest BCUT2D eigenvalue weighted by Gasteiger charge is 2.19. The summed E-state index contributed by atoms with van der Waals surface area (Å²) in [6.07, 6.45) is 4.73. The van der Waals surface area contributed by atoms with E-state index in [1.54, 1.807) is 11.3 Å². The van der Waals surface area contributed by atoms with Gasteiger partial charge in [-0.1, -0.05) is 18.2 Å². The minimum absolute atomic E-state index is 0.306. The maximum Gasteiger partial charge on any atom is 0.143 e. The third-order valence-electron chi connectivity index (χ3n) is 3.99. The number of benzene rings is 1. The molecule has 0 radical (unpaired) electrons. The molecular formula is C16H18N2OS. The molecule has 3 nitrogen and oxygen atoms in total. The Kier molecular flexibility index (Phi) is 3.49. The van der Waals surface area contributed by atoms with Crippen LogP contribution in [0.15, 0.2) is 28.7 Å². The molecule has 0 spiro atoms. The minimum Gasteiger partial charge on any atom is -0.506 e. The van der Waals surface area contributed by atoms with Crippen LogP contribution in [0.1, 0.15) is 36.5 Å². The highest BCUT2D eigenvalue weighted by Crippen LogP contribution is 2.42. The first-order valence-corrected chi connectivity index (χ1v) is 7.76. The number of aromatic hydroxyl groups is 1. The van der Waals surface area contributed by atoms with Crippen LogP contribution >= 0.6 is 11.3 Å². The van der Waals surface area contributed by atoms with Crippen LogP contribution in [0.4, 0.5) is 0 Å². The summed E-state index contributed by atoms with van der Waals surface area (Å²) in [5.74, 6) is 5.62. The van der Waals surface area contributed by atoms with Crippen molar-refractivity contribution in [3.63, 3.8) is 0 Å². The molecule has 104 valence electrons. The van der Waals surface area contributed by atoms with Gasteiger partial charge in [0.2, 0.25) is 0 Å². The first-order valence-electron chi connectivity index (χ1n) is 6.89. The molecule has 0 fully saturated rings. The first kappa shape index (κ1) is 13.2. The average molecular weight is 286 g/mol. The van der Waals surface area contributed by atoms with Gasteiger partial charge in [0.15, 0.2) is 0 Å². The van der Waals surface area contributed by atoms with E-state index in [2.05, 4.69) is 23.3 Å². The summed E-state index contributed by atoms with van der Waals surface area (Å²) in [7, 11) is 0. The standard InChI is InChI=1S/C16H18N2OS/c1-10(18-17)14-9-20-16(15(14)19)13-8-4-6-11-5-2-3-7-12(11)13/h4,6,8-9,19H,2-3,5,7,17H2,1H3. The molecule has 3 N–H and O–H groups in total. The quantitative estimate of drug-likeness (QED) is 0.502. The Hall–Kier alpha value is -1.81. The van der Waals surface area contributed by atoms with Gasteiger partial charge >= 0.3 is 0 Å². The molecule has 1 aromatic heterocycles. The Morgan fingerprint density at radius 1 is 1.30 bits per heavy atom. The van der Waals surface area contributed by atoms with E-state index in [4.69, 9.17) is 5.84 Å². The zero-order valence-electron chi connectivity index (χ0n) is 11.5. The third kappa shape index (κ3) is 2.10. The van der Waals surface area contributed by atoms with E-state index in [1.807, 2.05) is 12.3 Å². The lowest BCUT2D eigenvalue weighted by atomic mass is 9.87. The Morgan fingerprint density at radius 2 is 2.10 bits per heavy atom. The second-order valence-corrected chi connectivity index (χ2v) is 6.07. The summed E-state index contributed by atoms with van der Waals surface area (Å²) in [4.78, 5) is 0.932. The van der Waals surface area contributed by atoms with Crippen LogP contribution in [0, 0.1) is 0 Å². The zero-order chi connectivity index (χ0) is 14.1. The monoisotopic (exact) mass is 286 g/mol. The smallest absolute Gasteiger partial charge is 0.143 e. The van der Waals surface area contributed by atoms with Crippen molar-refractivity contribution in [2.75, 3.05) is 0 Å². The maximum absolute atomic E-state index is 10.5. The fraction of sp³-hybridized carbons (Fsp3) is 0.312. The van der Waals surface area contributed by atoms with Crippen LogP contribution in [0.25, 0.3) is 10.4 Å². The van der Waals surface area contributed by atoms with Crippen molar-refractivity contribution in [3.05, 3.63) is 40.3 Å². The van der Waals surface area contributed by atoms with Gasteiger partial charge in [-0.25, -0.2) is 0 Å². The summed E-state index contributed by atoms with van der Waals surface area (Å²) >= 11 is 1.56. The number of hydrogen-bond donors (Lipinski definition) is 2. The molecule has 0 saturated carbocycles. The zero-order valence-corrected chi connectivity index (χ0v) is 12.3. The Bertz CT molecular complexity index is 673. The summed E-state index contributed by atoms with van der Waals surface area (Å²) in [5.41, 5.74) is 5.38. The molecule has 1 heterocycles. The third-order valence-corrected chi connectivity index (χ3v) is 4.99. The summed E-state index contributed by atoms with van der Waals surface area (Å²) in [6.45, 7) is 1.81. The van der Waals surface area contributed by atoms with E-state index < -0.39 is 0 Å². The van der Waals surface area contributed by atoms with Crippen molar-refractivity contribution in [2.45, 2.75) is 32.6 Å². The SMILES string of the molecule is CC(=NN)c1csc(-c2cccc3c2CCCC3)c1O. The summed E-state index contributed by atoms with van der Waals surface area (Å²) in [5, 5.41) is 16.1. The maximum atomic E-state index is 10.5. The minimum atomic E-state index is 0.306. The van der Waals surface area contributed by atoms with E-state index in [0.717, 1.165) is 23.3 Å². The number of hydrazone groups is 1. The molecule has 3 rings (SSSR count). The first-order chi connectivity index (χ1) is 9.72. The molecule has 0 unspecified atom stereocenters. The van der Waals surface area contributed by atoms with Gasteiger partial charge in [-0.05, 0) is 49.3 Å². The van der Waals surface area contributed by atoms with E-state index in [9.17, 15) is 5.11 Å². The molecule has 20 heavy (non-hydrogen) atoms. The van der Waals surface area contributed by atoms with Gasteiger partial charge in [0, 0.05) is 5.38 Å². The van der Waals surface area contributed by atoms with Crippen LogP contribution in [-0.2, 0) is 12.8 Å². The molecule has 0 atom stereocenters. The molecule has 0 saturated heterocycles. The molecule has 1 aliphatic carbocycles. The lowest BCUT2D eigenvalue weighted by Gasteiger charge is -2.18. The van der Waals surface area contributed by atoms with Gasteiger partial charge in [0.1, 0.15) is 5.75 Å². The van der Waals surface area contributed by atoms with Gasteiger partial charge < -0.3 is 10.9 Å². The van der Waals surface area contributed by atoms with Crippen LogP contribution in [-0.4, -0.2) is 10.8 Å². The second kappa shape index (κ2) is 5.29. The van der Waals surface area contributed by atoms with Crippen molar-refractivity contribution in [1.29, 1.82) is 0 Å². The Balaban J connectivity index is 2.13. The van der Waals surface area contributed by atoms with Crippen molar-refractivity contribution in [2.24, 2.45) is 10.9 Å². The van der Waals surface area contributed by atoms with Gasteiger partial charge in [-0.2, -0.15) is 5.10 Å². The predicted octanol–water partition coefficient (Wildman–Crippen LogP) is 3.68. The van der Waals surface area contributed by atoms with Gasteiger partial charge in [-0.3, -0.25) is 0 Å². The summed E-state index contributed by atoms with van der Waals surface area (Å²) in [6, 6.07) is 6.40. The number of thiophene rings is 1. The highest BCUT2D eigenvalue weighted by molar-refractivity contribution is 7.14. The van der Waals surface area contributed by atoms with Crippen molar-refractivity contribution in [3.8, 4) is 16.2 Å². The molecular weight excluding hydrogens is 268 g/mol. The fourth-order valence-electron chi connectivity index (χ4n) is 2.86. The normalized spacial score (nSPS) is 15.2. The van der Waals surface area contributed by atoms with Crippen molar-refractivity contribution >= 4 is 17.0 Å². The van der Waals surface area contributed by atoms with Crippen LogP contribution in [0.5, 0.6) is 5.75 Å². The van der Waals surface area contributed by atoms with E-state index in [0.29, 0.717) is 11.5 Å². The molecule has 2 aromatic rings. The lowest BCUT2D eigenvalue weighted by molar-refractivity contribution is 0.478. The van der Waals surface area contributed by atoms with E-state index in [-0.39, 0.29) is 0 Å². The average Bonchev–Trinajstić information content (AvgIpc) is 2.87. The van der Waals surface area contributed by atoms with E-state index in [1.165, 1.54) is 29.5 Å². The van der Waals surface area contributed by atoms with Crippen molar-refractivity contribution in [1.82, 2.24) is 0 Å². The van der Waals surface area contributed by atoms with Crippen molar-refractivity contribution < 1.29 is 5.11 Å². The van der Waals surface area contributed by atoms with E-state index >= 15 is 0 Å². The van der Waals surface area contributed by atoms with Crippen LogP contribution < -0.4 is 5.84 Å². The Morgan fingerprint density at radius 3 is 2.90 bits per heavy atom. The number of nitrogens with two attached hydrogens (primary N) is 1. The van der Waals surface area contributed by atoms with Crippen LogP contribution in [0.2, 0.25) is 0 Å². The molecule has 1 aromatic carbocycles. The highest BCUT2D eigenvalue weighted by atomic mass is 32.1. The van der Waals surface area contributed by atoms with Gasteiger partial charge in [-0.15, -0.1) is 11.3 Å². The number of hydrogen-bond acceptors (Lipinski definition) is 4. The number of rotatable bonds is 2. The van der Waals surface area contributed by atoms with Crippen LogP contribution in [0.3, 0.4) is 0 Å². The Labute approximate surface area is 122 Å². The molecule has 1 aliphatic rings. The number of fused-ring (bicyclic) bond motifs is 1. The van der Waals surface area contributed by atoms with Gasteiger partial charge in [0.05, 0.1) is 16.2 Å². The second-order valence-electron chi connectivity index (χ2n) is 5.19. The summed E-state index contributed by atoms with van der Waals surface area (Å²) < 4.78 is 0.